The number of hydrogen-bond acceptors (Lipinski definition) is 6. The molecule has 0 radical (unpaired) electrons. The topological polar surface area (TPSA) is 173 Å². The van der Waals surface area contributed by atoms with Gasteiger partial charge in [0.1, 0.15) is 6.04 Å². The lowest BCUT2D eigenvalue weighted by Crippen LogP contribution is -2.50. The molecule has 0 spiro atoms. The molecule has 2 atom stereocenters. The highest BCUT2D eigenvalue weighted by atomic mass is 32.2. The Morgan fingerprint density at radius 2 is 1.42 bits per heavy atom. The minimum Gasteiger partial charge on any atom is -0.480 e. The van der Waals surface area contributed by atoms with E-state index in [1.54, 1.807) is 0 Å². The van der Waals surface area contributed by atoms with Crippen LogP contribution in [-0.2, 0) is 32.5 Å². The molecule has 9 nitrogen and oxygen atoms in total. The van der Waals surface area contributed by atoms with Crippen molar-refractivity contribution in [1.82, 2.24) is 5.32 Å². The number of aliphatic carboxylic acids is 1. The van der Waals surface area contributed by atoms with E-state index in [1.165, 1.54) is 0 Å². The van der Waals surface area contributed by atoms with Crippen LogP contribution < -0.4 is 16.8 Å². The number of carbonyl (C=O) groups is 2. The van der Waals surface area contributed by atoms with Crippen LogP contribution in [0.2, 0.25) is 0 Å². The molecule has 0 saturated heterocycles. The molecule has 31 heavy (non-hydrogen) atoms. The molecule has 0 bridgehead atoms. The van der Waals surface area contributed by atoms with Crippen molar-refractivity contribution in [3.8, 4) is 0 Å². The number of amides is 1. The first-order valence-electron chi connectivity index (χ1n) is 9.64. The summed E-state index contributed by atoms with van der Waals surface area (Å²) in [6.45, 7) is 0.291. The molecule has 0 fully saturated rings. The number of nitrogens with one attached hydrogen (secondary N) is 1. The highest BCUT2D eigenvalue weighted by Gasteiger charge is 2.23. The summed E-state index contributed by atoms with van der Waals surface area (Å²) >= 11 is 0. The number of benzene rings is 2. The van der Waals surface area contributed by atoms with Crippen LogP contribution in [0.1, 0.15) is 17.5 Å². The lowest BCUT2D eigenvalue weighted by atomic mass is 10.0. The zero-order chi connectivity index (χ0) is 23.3. The molecule has 2 aromatic carbocycles. The van der Waals surface area contributed by atoms with Crippen molar-refractivity contribution in [3.63, 3.8) is 0 Å². The van der Waals surface area contributed by atoms with E-state index < -0.39 is 34.1 Å². The van der Waals surface area contributed by atoms with Crippen molar-refractivity contribution in [3.05, 3.63) is 71.8 Å². The Morgan fingerprint density at radius 3 is 1.81 bits per heavy atom. The van der Waals surface area contributed by atoms with Gasteiger partial charge in [0.2, 0.25) is 5.91 Å². The molecular formula is C21H29N3O6S. The predicted molar refractivity (Wildman–Crippen MR) is 118 cm³/mol. The first-order valence-corrected chi connectivity index (χ1v) is 11.2. The Morgan fingerprint density at radius 1 is 0.935 bits per heavy atom. The van der Waals surface area contributed by atoms with Crippen LogP contribution in [0.15, 0.2) is 60.7 Å². The summed E-state index contributed by atoms with van der Waals surface area (Å²) in [6, 6.07) is 16.8. The third kappa shape index (κ3) is 11.8. The molecule has 1 amide bonds. The average Bonchev–Trinajstić information content (AvgIpc) is 2.73. The van der Waals surface area contributed by atoms with E-state index in [9.17, 15) is 23.1 Å². The quantitative estimate of drug-likeness (QED) is 0.326. The highest BCUT2D eigenvalue weighted by molar-refractivity contribution is 7.85. The van der Waals surface area contributed by atoms with Crippen molar-refractivity contribution < 1.29 is 27.7 Å². The molecule has 2 aromatic rings. The molecule has 10 heteroatoms. The van der Waals surface area contributed by atoms with Crippen molar-refractivity contribution >= 4 is 22.0 Å². The van der Waals surface area contributed by atoms with Gasteiger partial charge in [-0.05, 0) is 30.5 Å². The molecular weight excluding hydrogens is 422 g/mol. The smallest absolute Gasteiger partial charge is 0.326 e. The van der Waals surface area contributed by atoms with Crippen LogP contribution in [0.5, 0.6) is 0 Å². The predicted octanol–water partition coefficient (Wildman–Crippen LogP) is 0.592. The second-order valence-corrected chi connectivity index (χ2v) is 8.39. The summed E-state index contributed by atoms with van der Waals surface area (Å²) in [5.41, 5.74) is 12.6. The molecule has 170 valence electrons. The minimum atomic E-state index is -3.77. The van der Waals surface area contributed by atoms with E-state index in [-0.39, 0.29) is 12.2 Å². The van der Waals surface area contributed by atoms with Gasteiger partial charge in [-0.25, -0.2) is 4.79 Å². The van der Waals surface area contributed by atoms with E-state index >= 15 is 0 Å². The Bertz CT molecular complexity index is 907. The lowest BCUT2D eigenvalue weighted by Gasteiger charge is -2.18. The monoisotopic (exact) mass is 451 g/mol. The van der Waals surface area contributed by atoms with E-state index in [0.29, 0.717) is 19.4 Å². The third-order valence-electron chi connectivity index (χ3n) is 4.14. The number of carbonyl (C=O) groups excluding carboxylic acids is 1. The van der Waals surface area contributed by atoms with Crippen molar-refractivity contribution in [2.24, 2.45) is 11.5 Å². The second kappa shape index (κ2) is 13.5. The number of rotatable bonds is 10. The standard InChI is InChI=1S/C18H20N2O3.C3H9NO3S/c19-15(11-13-7-3-1-4-8-13)17(21)20-16(18(22)23)12-14-9-5-2-6-10-14;4-2-1-3-8(5,6)7/h1-10,15-16H,11-12,19H2,(H,20,21)(H,22,23);1-4H2,(H,5,6,7)/t15-,16-;/m0./s1. The van der Waals surface area contributed by atoms with Gasteiger partial charge in [0.25, 0.3) is 10.1 Å². The Labute approximate surface area is 182 Å². The maximum atomic E-state index is 12.2. The first kappa shape index (κ1) is 26.2. The van der Waals surface area contributed by atoms with Gasteiger partial charge in [0.15, 0.2) is 0 Å². The minimum absolute atomic E-state index is 0.222. The molecule has 0 aliphatic carbocycles. The van der Waals surface area contributed by atoms with Crippen LogP contribution in [0.4, 0.5) is 0 Å². The fraction of sp³-hybridized carbons (Fsp3) is 0.333. The van der Waals surface area contributed by atoms with Crippen molar-refractivity contribution in [1.29, 1.82) is 0 Å². The van der Waals surface area contributed by atoms with Crippen LogP contribution >= 0.6 is 0 Å². The molecule has 0 aliphatic heterocycles. The second-order valence-electron chi connectivity index (χ2n) is 6.81. The SMILES string of the molecule is NCCCS(=O)(=O)O.N[C@@H](Cc1ccccc1)C(=O)N[C@@H](Cc1ccccc1)C(=O)O. The van der Waals surface area contributed by atoms with Gasteiger partial charge in [-0.2, -0.15) is 8.42 Å². The van der Waals surface area contributed by atoms with Crippen molar-refractivity contribution in [2.45, 2.75) is 31.3 Å². The Hall–Kier alpha value is -2.79. The van der Waals surface area contributed by atoms with Gasteiger partial charge in [0.05, 0.1) is 11.8 Å². The van der Waals surface area contributed by atoms with Gasteiger partial charge in [0, 0.05) is 6.42 Å². The van der Waals surface area contributed by atoms with Crippen molar-refractivity contribution in [2.75, 3.05) is 12.3 Å². The average molecular weight is 452 g/mol. The first-order chi connectivity index (χ1) is 14.6. The summed E-state index contributed by atoms with van der Waals surface area (Å²) in [4.78, 5) is 23.5. The summed E-state index contributed by atoms with van der Waals surface area (Å²) < 4.78 is 27.8. The summed E-state index contributed by atoms with van der Waals surface area (Å²) in [5, 5.41) is 11.8. The van der Waals surface area contributed by atoms with E-state index in [1.807, 2.05) is 60.7 Å². The van der Waals surface area contributed by atoms with Crippen LogP contribution in [0.3, 0.4) is 0 Å². The molecule has 0 saturated carbocycles. The van der Waals surface area contributed by atoms with Gasteiger partial charge < -0.3 is 21.9 Å². The maximum absolute atomic E-state index is 12.2. The van der Waals surface area contributed by atoms with Gasteiger partial charge >= 0.3 is 5.97 Å². The normalized spacial score (nSPS) is 12.7. The molecule has 0 aliphatic rings. The van der Waals surface area contributed by atoms with Gasteiger partial charge in [-0.1, -0.05) is 60.7 Å². The summed E-state index contributed by atoms with van der Waals surface area (Å²) in [7, 11) is -3.77. The van der Waals surface area contributed by atoms with Crippen LogP contribution in [0.25, 0.3) is 0 Å². The fourth-order valence-corrected chi connectivity index (χ4v) is 3.09. The largest absolute Gasteiger partial charge is 0.480 e. The lowest BCUT2D eigenvalue weighted by molar-refractivity contribution is -0.141. The Balaban J connectivity index is 0.000000512. The maximum Gasteiger partial charge on any atom is 0.326 e. The zero-order valence-electron chi connectivity index (χ0n) is 17.1. The third-order valence-corrected chi connectivity index (χ3v) is 4.94. The van der Waals surface area contributed by atoms with E-state index in [0.717, 1.165) is 11.1 Å². The van der Waals surface area contributed by atoms with Gasteiger partial charge in [-0.15, -0.1) is 0 Å². The molecule has 0 unspecified atom stereocenters. The number of carboxylic acids is 1. The Kier molecular flexibility index (Phi) is 11.4. The molecule has 0 aromatic heterocycles. The van der Waals surface area contributed by atoms with E-state index in [4.69, 9.17) is 16.0 Å². The number of hydrogen-bond donors (Lipinski definition) is 5. The fourth-order valence-electron chi connectivity index (χ4n) is 2.56. The number of nitrogens with two attached hydrogens (primary N) is 2. The molecule has 0 heterocycles. The van der Waals surface area contributed by atoms with Crippen LogP contribution in [0, 0.1) is 0 Å². The van der Waals surface area contributed by atoms with Crippen LogP contribution in [-0.4, -0.2) is 54.3 Å². The van der Waals surface area contributed by atoms with Gasteiger partial charge in [-0.3, -0.25) is 9.35 Å². The summed E-state index contributed by atoms with van der Waals surface area (Å²) in [6.07, 6.45) is 0.906. The number of carboxylic acid groups (broad SMARTS) is 1. The summed E-state index contributed by atoms with van der Waals surface area (Å²) in [5.74, 6) is -1.77. The molecule has 2 rings (SSSR count). The molecule has 7 N–H and O–H groups in total. The zero-order valence-corrected chi connectivity index (χ0v) is 17.9. The van der Waals surface area contributed by atoms with E-state index in [2.05, 4.69) is 5.32 Å². The highest BCUT2D eigenvalue weighted by Crippen LogP contribution is 2.05.